The molecule has 1 aromatic carbocycles. The van der Waals surface area contributed by atoms with E-state index in [1.807, 2.05) is 0 Å². The highest BCUT2D eigenvalue weighted by Crippen LogP contribution is 2.10. The summed E-state index contributed by atoms with van der Waals surface area (Å²) in [6.45, 7) is 1.96. The molecule has 1 atom stereocenters. The molecule has 2 amide bonds. The molecule has 0 saturated carbocycles. The SMILES string of the molecule is CC(CC(N)=O)NCc1cc(C(N)=O)ccc1F. The molecular formula is C12H16FN3O2. The Hall–Kier alpha value is -1.95. The summed E-state index contributed by atoms with van der Waals surface area (Å²) in [5.74, 6) is -1.47. The van der Waals surface area contributed by atoms with Gasteiger partial charge in [0.2, 0.25) is 11.8 Å². The van der Waals surface area contributed by atoms with Gasteiger partial charge in [-0.2, -0.15) is 0 Å². The Balaban J connectivity index is 2.69. The number of halogens is 1. The minimum Gasteiger partial charge on any atom is -0.370 e. The number of primary amides is 2. The minimum atomic E-state index is -0.610. The molecule has 0 aromatic heterocycles. The highest BCUT2D eigenvalue weighted by molar-refractivity contribution is 5.92. The molecule has 0 fully saturated rings. The van der Waals surface area contributed by atoms with Gasteiger partial charge in [0.15, 0.2) is 0 Å². The summed E-state index contributed by atoms with van der Waals surface area (Å²) in [5.41, 5.74) is 10.7. The molecule has 0 aliphatic heterocycles. The normalized spacial score (nSPS) is 12.1. The van der Waals surface area contributed by atoms with Gasteiger partial charge < -0.3 is 16.8 Å². The third-order valence-corrected chi connectivity index (χ3v) is 2.48. The molecule has 0 bridgehead atoms. The molecule has 0 heterocycles. The van der Waals surface area contributed by atoms with E-state index in [9.17, 15) is 14.0 Å². The van der Waals surface area contributed by atoms with Crippen molar-refractivity contribution in [3.63, 3.8) is 0 Å². The third kappa shape index (κ3) is 4.14. The van der Waals surface area contributed by atoms with E-state index in [0.717, 1.165) is 0 Å². The number of hydrogen-bond donors (Lipinski definition) is 3. The first kappa shape index (κ1) is 14.1. The smallest absolute Gasteiger partial charge is 0.248 e. The highest BCUT2D eigenvalue weighted by Gasteiger charge is 2.09. The molecule has 98 valence electrons. The van der Waals surface area contributed by atoms with Crippen LogP contribution in [-0.4, -0.2) is 17.9 Å². The molecular weight excluding hydrogens is 237 g/mol. The second-order valence-electron chi connectivity index (χ2n) is 4.12. The quantitative estimate of drug-likeness (QED) is 0.679. The van der Waals surface area contributed by atoms with Crippen molar-refractivity contribution < 1.29 is 14.0 Å². The molecule has 1 rings (SSSR count). The van der Waals surface area contributed by atoms with Crippen LogP contribution in [0.4, 0.5) is 4.39 Å². The summed E-state index contributed by atoms with van der Waals surface area (Å²) in [7, 11) is 0. The summed E-state index contributed by atoms with van der Waals surface area (Å²) >= 11 is 0. The number of nitrogens with two attached hydrogens (primary N) is 2. The monoisotopic (exact) mass is 253 g/mol. The lowest BCUT2D eigenvalue weighted by molar-refractivity contribution is -0.118. The van der Waals surface area contributed by atoms with Gasteiger partial charge in [-0.25, -0.2) is 4.39 Å². The van der Waals surface area contributed by atoms with E-state index in [1.165, 1.54) is 18.2 Å². The predicted molar refractivity (Wildman–Crippen MR) is 65.0 cm³/mol. The first-order chi connectivity index (χ1) is 8.40. The molecule has 5 N–H and O–H groups in total. The van der Waals surface area contributed by atoms with Crippen molar-refractivity contribution >= 4 is 11.8 Å². The molecule has 1 unspecified atom stereocenters. The van der Waals surface area contributed by atoms with Crippen molar-refractivity contribution in [1.29, 1.82) is 0 Å². The second kappa shape index (κ2) is 6.11. The molecule has 0 aliphatic rings. The Morgan fingerprint density at radius 2 is 2.06 bits per heavy atom. The highest BCUT2D eigenvalue weighted by atomic mass is 19.1. The fourth-order valence-corrected chi connectivity index (χ4v) is 1.52. The van der Waals surface area contributed by atoms with Crippen LogP contribution in [0.3, 0.4) is 0 Å². The van der Waals surface area contributed by atoms with Crippen molar-refractivity contribution in [1.82, 2.24) is 5.32 Å². The van der Waals surface area contributed by atoms with Crippen LogP contribution in [0.25, 0.3) is 0 Å². The number of nitrogens with one attached hydrogen (secondary N) is 1. The van der Waals surface area contributed by atoms with E-state index in [4.69, 9.17) is 11.5 Å². The zero-order valence-electron chi connectivity index (χ0n) is 10.1. The van der Waals surface area contributed by atoms with Crippen LogP contribution in [-0.2, 0) is 11.3 Å². The van der Waals surface area contributed by atoms with Gasteiger partial charge in [0, 0.05) is 30.1 Å². The maximum absolute atomic E-state index is 13.5. The number of carbonyl (C=O) groups is 2. The Morgan fingerprint density at radius 1 is 1.39 bits per heavy atom. The van der Waals surface area contributed by atoms with E-state index in [1.54, 1.807) is 6.92 Å². The number of benzene rings is 1. The van der Waals surface area contributed by atoms with Crippen LogP contribution >= 0.6 is 0 Å². The van der Waals surface area contributed by atoms with E-state index < -0.39 is 17.6 Å². The molecule has 0 radical (unpaired) electrons. The average molecular weight is 253 g/mol. The van der Waals surface area contributed by atoms with Gasteiger partial charge in [-0.1, -0.05) is 0 Å². The van der Waals surface area contributed by atoms with E-state index in [2.05, 4.69) is 5.32 Å². The van der Waals surface area contributed by atoms with E-state index >= 15 is 0 Å². The first-order valence-electron chi connectivity index (χ1n) is 5.50. The lowest BCUT2D eigenvalue weighted by atomic mass is 10.1. The maximum atomic E-state index is 13.5. The van der Waals surface area contributed by atoms with Crippen molar-refractivity contribution in [3.8, 4) is 0 Å². The molecule has 18 heavy (non-hydrogen) atoms. The summed E-state index contributed by atoms with van der Waals surface area (Å²) in [5, 5.41) is 2.94. The lowest BCUT2D eigenvalue weighted by Crippen LogP contribution is -2.30. The van der Waals surface area contributed by atoms with Crippen molar-refractivity contribution in [2.45, 2.75) is 25.9 Å². The Bertz CT molecular complexity index is 463. The van der Waals surface area contributed by atoms with Crippen molar-refractivity contribution in [2.24, 2.45) is 11.5 Å². The zero-order valence-corrected chi connectivity index (χ0v) is 10.1. The zero-order chi connectivity index (χ0) is 13.7. The van der Waals surface area contributed by atoms with Crippen LogP contribution in [0.15, 0.2) is 18.2 Å². The van der Waals surface area contributed by atoms with Gasteiger partial charge in [-0.15, -0.1) is 0 Å². The van der Waals surface area contributed by atoms with Gasteiger partial charge in [0.25, 0.3) is 0 Å². The molecule has 0 aliphatic carbocycles. The largest absolute Gasteiger partial charge is 0.370 e. The fourth-order valence-electron chi connectivity index (χ4n) is 1.52. The Morgan fingerprint density at radius 3 is 2.61 bits per heavy atom. The first-order valence-corrected chi connectivity index (χ1v) is 5.50. The van der Waals surface area contributed by atoms with Crippen LogP contribution in [0.2, 0.25) is 0 Å². The van der Waals surface area contributed by atoms with Crippen molar-refractivity contribution in [3.05, 3.63) is 35.1 Å². The van der Waals surface area contributed by atoms with E-state index in [-0.39, 0.29) is 24.6 Å². The summed E-state index contributed by atoms with van der Waals surface area (Å²) < 4.78 is 13.5. The summed E-state index contributed by atoms with van der Waals surface area (Å²) in [4.78, 5) is 21.6. The topological polar surface area (TPSA) is 98.2 Å². The lowest BCUT2D eigenvalue weighted by Gasteiger charge is -2.12. The van der Waals surface area contributed by atoms with Crippen LogP contribution in [0, 0.1) is 5.82 Å². The number of hydrogen-bond acceptors (Lipinski definition) is 3. The van der Waals surface area contributed by atoms with Crippen molar-refractivity contribution in [2.75, 3.05) is 0 Å². The molecule has 5 nitrogen and oxygen atoms in total. The number of amides is 2. The minimum absolute atomic E-state index is 0.164. The van der Waals surface area contributed by atoms with Gasteiger partial charge >= 0.3 is 0 Å². The summed E-state index contributed by atoms with van der Waals surface area (Å²) in [6, 6.07) is 3.74. The Kier molecular flexibility index (Phi) is 4.79. The van der Waals surface area contributed by atoms with Crippen LogP contribution in [0.1, 0.15) is 29.3 Å². The van der Waals surface area contributed by atoms with Gasteiger partial charge in [0.1, 0.15) is 5.82 Å². The summed E-state index contributed by atoms with van der Waals surface area (Å²) in [6.07, 6.45) is 0.164. The predicted octanol–water partition coefficient (Wildman–Crippen LogP) is 0.278. The van der Waals surface area contributed by atoms with E-state index in [0.29, 0.717) is 5.56 Å². The molecule has 1 aromatic rings. The third-order valence-electron chi connectivity index (χ3n) is 2.48. The molecule has 6 heteroatoms. The maximum Gasteiger partial charge on any atom is 0.248 e. The second-order valence-corrected chi connectivity index (χ2v) is 4.12. The molecule has 0 spiro atoms. The number of rotatable bonds is 6. The van der Waals surface area contributed by atoms with Gasteiger partial charge in [0.05, 0.1) is 0 Å². The van der Waals surface area contributed by atoms with Gasteiger partial charge in [-0.05, 0) is 25.1 Å². The van der Waals surface area contributed by atoms with Crippen LogP contribution < -0.4 is 16.8 Å². The average Bonchev–Trinajstić information content (AvgIpc) is 2.26. The van der Waals surface area contributed by atoms with Gasteiger partial charge in [-0.3, -0.25) is 9.59 Å². The Labute approximate surface area is 104 Å². The fraction of sp³-hybridized carbons (Fsp3) is 0.333. The molecule has 0 saturated heterocycles. The number of carbonyl (C=O) groups excluding carboxylic acids is 2. The van der Waals surface area contributed by atoms with Crippen LogP contribution in [0.5, 0.6) is 0 Å². The standard InChI is InChI=1S/C12H16FN3O2/c1-7(4-11(14)17)16-6-9-5-8(12(15)18)2-3-10(9)13/h2-3,5,7,16H,4,6H2,1H3,(H2,14,17)(H2,15,18).